The Labute approximate surface area is 172 Å². The molecule has 0 fully saturated rings. The van der Waals surface area contributed by atoms with Gasteiger partial charge >= 0.3 is 5.97 Å². The number of allylic oxidation sites excluding steroid dienone is 1. The molecule has 3 N–H and O–H groups in total. The number of hydroxylamine groups is 1. The minimum Gasteiger partial charge on any atom is -0.464 e. The first-order valence-electron chi connectivity index (χ1n) is 9.89. The summed E-state index contributed by atoms with van der Waals surface area (Å²) in [6, 6.07) is 8.43. The second-order valence-corrected chi connectivity index (χ2v) is 7.35. The summed E-state index contributed by atoms with van der Waals surface area (Å²) in [5, 5.41) is 11.9. The van der Waals surface area contributed by atoms with Crippen molar-refractivity contribution < 1.29 is 24.3 Å². The summed E-state index contributed by atoms with van der Waals surface area (Å²) in [6.45, 7) is 9.42. The number of carbonyl (C=O) groups is 3. The summed E-state index contributed by atoms with van der Waals surface area (Å²) in [4.78, 5) is 37.7. The molecule has 160 valence electrons. The molecule has 0 bridgehead atoms. The van der Waals surface area contributed by atoms with Gasteiger partial charge in [-0.1, -0.05) is 50.3 Å². The van der Waals surface area contributed by atoms with Crippen LogP contribution in [-0.2, 0) is 25.5 Å². The quantitative estimate of drug-likeness (QED) is 0.215. The van der Waals surface area contributed by atoms with Crippen molar-refractivity contribution >= 4 is 17.8 Å². The van der Waals surface area contributed by atoms with E-state index in [0.29, 0.717) is 6.42 Å². The summed E-state index contributed by atoms with van der Waals surface area (Å²) in [5.74, 6) is -3.00. The van der Waals surface area contributed by atoms with Crippen molar-refractivity contribution in [3.8, 4) is 0 Å². The first-order valence-corrected chi connectivity index (χ1v) is 9.89. The highest BCUT2D eigenvalue weighted by molar-refractivity contribution is 5.90. The summed E-state index contributed by atoms with van der Waals surface area (Å²) in [7, 11) is 0. The van der Waals surface area contributed by atoms with E-state index in [9.17, 15) is 14.4 Å². The number of nitrogens with one attached hydrogen (secondary N) is 2. The average molecular weight is 405 g/mol. The predicted octanol–water partition coefficient (Wildman–Crippen LogP) is 2.64. The van der Waals surface area contributed by atoms with E-state index >= 15 is 0 Å². The van der Waals surface area contributed by atoms with E-state index in [4.69, 9.17) is 9.94 Å². The number of benzene rings is 1. The van der Waals surface area contributed by atoms with E-state index in [1.807, 2.05) is 44.2 Å². The fourth-order valence-corrected chi connectivity index (χ4v) is 3.24. The van der Waals surface area contributed by atoms with E-state index in [2.05, 4.69) is 11.9 Å². The Bertz CT molecular complexity index is 675. The molecule has 1 aromatic rings. The normalized spacial score (nSPS) is 13.8. The Hall–Kier alpha value is -2.67. The van der Waals surface area contributed by atoms with Gasteiger partial charge in [-0.05, 0) is 31.2 Å². The van der Waals surface area contributed by atoms with Crippen molar-refractivity contribution in [2.75, 3.05) is 6.61 Å². The lowest BCUT2D eigenvalue weighted by Gasteiger charge is -2.27. The highest BCUT2D eigenvalue weighted by atomic mass is 16.5. The fraction of sp³-hybridized carbons (Fsp3) is 0.500. The van der Waals surface area contributed by atoms with Crippen LogP contribution in [0.25, 0.3) is 0 Å². The molecule has 0 aromatic heterocycles. The van der Waals surface area contributed by atoms with Crippen LogP contribution in [0.4, 0.5) is 0 Å². The summed E-state index contributed by atoms with van der Waals surface area (Å²) in [5.41, 5.74) is 2.51. The van der Waals surface area contributed by atoms with E-state index < -0.39 is 35.7 Å². The van der Waals surface area contributed by atoms with Gasteiger partial charge in [-0.2, -0.15) is 0 Å². The third-order valence-electron chi connectivity index (χ3n) is 4.59. The van der Waals surface area contributed by atoms with Crippen LogP contribution in [0, 0.1) is 17.8 Å². The van der Waals surface area contributed by atoms with E-state index in [0.717, 1.165) is 5.56 Å². The second kappa shape index (κ2) is 12.7. The molecule has 7 heteroatoms. The van der Waals surface area contributed by atoms with Crippen molar-refractivity contribution in [3.63, 3.8) is 0 Å². The van der Waals surface area contributed by atoms with Gasteiger partial charge in [0.05, 0.1) is 18.4 Å². The van der Waals surface area contributed by atoms with Gasteiger partial charge in [0, 0.05) is 6.42 Å². The Morgan fingerprint density at radius 1 is 1.14 bits per heavy atom. The van der Waals surface area contributed by atoms with Crippen molar-refractivity contribution in [2.45, 2.75) is 46.1 Å². The molecular weight excluding hydrogens is 372 g/mol. The van der Waals surface area contributed by atoms with Gasteiger partial charge < -0.3 is 10.1 Å². The van der Waals surface area contributed by atoms with Gasteiger partial charge in [-0.3, -0.25) is 14.8 Å². The highest BCUT2D eigenvalue weighted by Crippen LogP contribution is 2.25. The standard InChI is InChI=1S/C22H32N2O5/c1-5-10-17(21(26)24-28)18(13-15(3)4)20(25)23-19(22(27)29-6-2)14-16-11-8-7-9-12-16/h5,7-9,11-12,15,17-19,28H,1,6,10,13-14H2,2-4H3,(H,23,25)(H,24,26). The molecule has 0 saturated heterocycles. The molecule has 0 aliphatic heterocycles. The Morgan fingerprint density at radius 2 is 1.79 bits per heavy atom. The maximum atomic E-state index is 13.1. The monoisotopic (exact) mass is 404 g/mol. The molecule has 7 nitrogen and oxygen atoms in total. The van der Waals surface area contributed by atoms with Crippen LogP contribution in [0.5, 0.6) is 0 Å². The van der Waals surface area contributed by atoms with Gasteiger partial charge in [0.2, 0.25) is 11.8 Å². The number of hydrogen-bond acceptors (Lipinski definition) is 5. The minimum atomic E-state index is -0.874. The Morgan fingerprint density at radius 3 is 2.31 bits per heavy atom. The van der Waals surface area contributed by atoms with Crippen LogP contribution in [0.3, 0.4) is 0 Å². The molecule has 0 aliphatic rings. The lowest BCUT2D eigenvalue weighted by Crippen LogP contribution is -2.49. The first kappa shape index (κ1) is 24.4. The van der Waals surface area contributed by atoms with Crippen LogP contribution in [0.1, 0.15) is 39.2 Å². The van der Waals surface area contributed by atoms with E-state index in [-0.39, 0.29) is 25.4 Å². The molecular formula is C22H32N2O5. The third-order valence-corrected chi connectivity index (χ3v) is 4.59. The Balaban J connectivity index is 3.10. The van der Waals surface area contributed by atoms with Gasteiger partial charge in [0.25, 0.3) is 0 Å². The largest absolute Gasteiger partial charge is 0.464 e. The zero-order valence-electron chi connectivity index (χ0n) is 17.4. The lowest BCUT2D eigenvalue weighted by atomic mass is 9.82. The molecule has 0 heterocycles. The molecule has 3 atom stereocenters. The zero-order valence-corrected chi connectivity index (χ0v) is 17.4. The molecule has 29 heavy (non-hydrogen) atoms. The molecule has 1 rings (SSSR count). The van der Waals surface area contributed by atoms with Gasteiger partial charge in [0.15, 0.2) is 0 Å². The predicted molar refractivity (Wildman–Crippen MR) is 110 cm³/mol. The Kier molecular flexibility index (Phi) is 10.7. The molecule has 0 spiro atoms. The minimum absolute atomic E-state index is 0.125. The van der Waals surface area contributed by atoms with Gasteiger partial charge in [0.1, 0.15) is 6.04 Å². The third kappa shape index (κ3) is 8.07. The molecule has 0 aliphatic carbocycles. The van der Waals surface area contributed by atoms with Gasteiger partial charge in [-0.25, -0.2) is 10.3 Å². The molecule has 3 unspecified atom stereocenters. The summed E-state index contributed by atoms with van der Waals surface area (Å²) >= 11 is 0. The number of amides is 2. The van der Waals surface area contributed by atoms with E-state index in [1.54, 1.807) is 12.4 Å². The number of rotatable bonds is 12. The van der Waals surface area contributed by atoms with Gasteiger partial charge in [-0.15, -0.1) is 6.58 Å². The fourth-order valence-electron chi connectivity index (χ4n) is 3.24. The second-order valence-electron chi connectivity index (χ2n) is 7.35. The molecule has 1 aromatic carbocycles. The van der Waals surface area contributed by atoms with Crippen LogP contribution < -0.4 is 10.8 Å². The first-order chi connectivity index (χ1) is 13.8. The lowest BCUT2D eigenvalue weighted by molar-refractivity contribution is -0.148. The highest BCUT2D eigenvalue weighted by Gasteiger charge is 2.35. The van der Waals surface area contributed by atoms with Crippen LogP contribution in [0.2, 0.25) is 0 Å². The van der Waals surface area contributed by atoms with E-state index in [1.165, 1.54) is 6.08 Å². The van der Waals surface area contributed by atoms with Crippen molar-refractivity contribution in [2.24, 2.45) is 17.8 Å². The maximum absolute atomic E-state index is 13.1. The number of ether oxygens (including phenoxy) is 1. The SMILES string of the molecule is C=CCC(C(=O)NO)C(CC(C)C)C(=O)NC(Cc1ccccc1)C(=O)OCC. The zero-order chi connectivity index (χ0) is 21.8. The maximum Gasteiger partial charge on any atom is 0.328 e. The number of esters is 1. The smallest absolute Gasteiger partial charge is 0.328 e. The molecule has 2 amide bonds. The van der Waals surface area contributed by atoms with Crippen molar-refractivity contribution in [3.05, 3.63) is 48.6 Å². The van der Waals surface area contributed by atoms with Crippen LogP contribution in [-0.4, -0.2) is 35.6 Å². The molecule has 0 radical (unpaired) electrons. The topological polar surface area (TPSA) is 105 Å². The summed E-state index contributed by atoms with van der Waals surface area (Å²) < 4.78 is 5.13. The van der Waals surface area contributed by atoms with Crippen molar-refractivity contribution in [1.82, 2.24) is 10.8 Å². The molecule has 0 saturated carbocycles. The average Bonchev–Trinajstić information content (AvgIpc) is 2.70. The van der Waals surface area contributed by atoms with Crippen molar-refractivity contribution in [1.29, 1.82) is 0 Å². The number of hydrogen-bond donors (Lipinski definition) is 3. The van der Waals surface area contributed by atoms with Crippen LogP contribution >= 0.6 is 0 Å². The summed E-state index contributed by atoms with van der Waals surface area (Å²) in [6.07, 6.45) is 2.45. The van der Waals surface area contributed by atoms with Crippen LogP contribution in [0.15, 0.2) is 43.0 Å². The number of carbonyl (C=O) groups excluding carboxylic acids is 3.